The molecule has 110 valence electrons. The minimum atomic E-state index is -2.92. The number of sulfone groups is 1. The van der Waals surface area contributed by atoms with Crippen molar-refractivity contribution in [2.75, 3.05) is 25.1 Å². The lowest BCUT2D eigenvalue weighted by atomic mass is 9.98. The Morgan fingerprint density at radius 3 is 2.40 bits per heavy atom. The van der Waals surface area contributed by atoms with E-state index in [1.165, 1.54) is 6.26 Å². The molecule has 5 heteroatoms. The van der Waals surface area contributed by atoms with Gasteiger partial charge in [0.15, 0.2) is 0 Å². The van der Waals surface area contributed by atoms with Gasteiger partial charge in [-0.3, -0.25) is 4.79 Å². The van der Waals surface area contributed by atoms with Crippen LogP contribution < -0.4 is 0 Å². The van der Waals surface area contributed by atoms with Crippen LogP contribution in [0.1, 0.15) is 28.8 Å². The normalized spacial score (nSPS) is 17.2. The molecule has 4 nitrogen and oxygen atoms in total. The number of aryl methyl sites for hydroxylation is 1. The van der Waals surface area contributed by atoms with Crippen molar-refractivity contribution in [3.8, 4) is 0 Å². The monoisotopic (exact) mass is 295 g/mol. The van der Waals surface area contributed by atoms with E-state index < -0.39 is 9.84 Å². The second kappa shape index (κ2) is 5.95. The molecule has 1 aliphatic rings. The average molecular weight is 295 g/mol. The minimum absolute atomic E-state index is 0.0564. The maximum absolute atomic E-state index is 12.4. The van der Waals surface area contributed by atoms with E-state index in [4.69, 9.17) is 0 Å². The zero-order valence-corrected chi connectivity index (χ0v) is 12.8. The molecular weight excluding hydrogens is 274 g/mol. The molecule has 0 radical (unpaired) electrons. The zero-order valence-electron chi connectivity index (χ0n) is 12.0. The molecule has 0 aliphatic carbocycles. The Kier molecular flexibility index (Phi) is 4.48. The molecule has 0 atom stereocenters. The van der Waals surface area contributed by atoms with Crippen molar-refractivity contribution in [2.45, 2.75) is 19.8 Å². The fourth-order valence-electron chi connectivity index (χ4n) is 2.71. The predicted octanol–water partition coefficient (Wildman–Crippen LogP) is 1.89. The van der Waals surface area contributed by atoms with Crippen LogP contribution in [0.2, 0.25) is 0 Å². The maximum atomic E-state index is 12.4. The van der Waals surface area contributed by atoms with Crippen molar-refractivity contribution in [1.29, 1.82) is 0 Å². The Hall–Kier alpha value is -1.36. The molecule has 1 aromatic rings. The lowest BCUT2D eigenvalue weighted by Crippen LogP contribution is -2.40. The van der Waals surface area contributed by atoms with E-state index in [2.05, 4.69) is 0 Å². The summed E-state index contributed by atoms with van der Waals surface area (Å²) in [6.45, 7) is 3.23. The average Bonchev–Trinajstić information content (AvgIpc) is 2.37. The Morgan fingerprint density at radius 2 is 1.85 bits per heavy atom. The summed E-state index contributed by atoms with van der Waals surface area (Å²) in [6, 6.07) is 7.57. The molecule has 0 unspecified atom stereocenters. The molecule has 1 amide bonds. The standard InChI is InChI=1S/C15H21NO3S/c1-12-5-3-4-6-14(12)15(17)16-9-7-13(8-10-16)11-20(2,18)19/h3-6,13H,7-11H2,1-2H3. The first-order valence-electron chi connectivity index (χ1n) is 6.89. The van der Waals surface area contributed by atoms with Gasteiger partial charge >= 0.3 is 0 Å². The number of rotatable bonds is 3. The van der Waals surface area contributed by atoms with Gasteiger partial charge in [0.1, 0.15) is 9.84 Å². The van der Waals surface area contributed by atoms with Crippen molar-refractivity contribution >= 4 is 15.7 Å². The van der Waals surface area contributed by atoms with Crippen molar-refractivity contribution in [2.24, 2.45) is 5.92 Å². The summed E-state index contributed by atoms with van der Waals surface area (Å²) in [6.07, 6.45) is 2.81. The molecule has 2 rings (SSSR count). The summed E-state index contributed by atoms with van der Waals surface area (Å²) in [4.78, 5) is 14.3. The van der Waals surface area contributed by atoms with Gasteiger partial charge < -0.3 is 4.90 Å². The first-order valence-corrected chi connectivity index (χ1v) is 8.95. The molecule has 0 saturated carbocycles. The van der Waals surface area contributed by atoms with Crippen LogP contribution >= 0.6 is 0 Å². The molecule has 0 N–H and O–H groups in total. The van der Waals surface area contributed by atoms with Crippen LogP contribution in [0.3, 0.4) is 0 Å². The van der Waals surface area contributed by atoms with Crippen LogP contribution in [0.4, 0.5) is 0 Å². The summed E-state index contributed by atoms with van der Waals surface area (Å²) in [5.74, 6) is 0.478. The van der Waals surface area contributed by atoms with Gasteiger partial charge in [0.2, 0.25) is 0 Å². The number of hydrogen-bond acceptors (Lipinski definition) is 3. The minimum Gasteiger partial charge on any atom is -0.339 e. The van der Waals surface area contributed by atoms with Gasteiger partial charge in [-0.1, -0.05) is 18.2 Å². The summed E-state index contributed by atoms with van der Waals surface area (Å²) in [5, 5.41) is 0. The highest BCUT2D eigenvalue weighted by Crippen LogP contribution is 2.21. The van der Waals surface area contributed by atoms with Gasteiger partial charge in [-0.2, -0.15) is 0 Å². The molecule has 0 spiro atoms. The highest BCUT2D eigenvalue weighted by Gasteiger charge is 2.26. The Balaban J connectivity index is 1.97. The Bertz CT molecular complexity index is 587. The molecule has 1 saturated heterocycles. The van der Waals surface area contributed by atoms with Gasteiger partial charge in [-0.25, -0.2) is 8.42 Å². The summed E-state index contributed by atoms with van der Waals surface area (Å²) in [7, 11) is -2.92. The highest BCUT2D eigenvalue weighted by atomic mass is 32.2. The van der Waals surface area contributed by atoms with E-state index in [1.807, 2.05) is 36.1 Å². The van der Waals surface area contributed by atoms with Crippen molar-refractivity contribution in [1.82, 2.24) is 4.90 Å². The predicted molar refractivity (Wildman–Crippen MR) is 79.5 cm³/mol. The molecule has 0 aromatic heterocycles. The SMILES string of the molecule is Cc1ccccc1C(=O)N1CCC(CS(C)(=O)=O)CC1. The lowest BCUT2D eigenvalue weighted by Gasteiger charge is -2.32. The van der Waals surface area contributed by atoms with Gasteiger partial charge in [-0.05, 0) is 37.3 Å². The number of hydrogen-bond donors (Lipinski definition) is 0. The third-order valence-corrected chi connectivity index (χ3v) is 4.89. The fraction of sp³-hybridized carbons (Fsp3) is 0.533. The largest absolute Gasteiger partial charge is 0.339 e. The second-order valence-electron chi connectivity index (χ2n) is 5.64. The number of carbonyl (C=O) groups is 1. The van der Waals surface area contributed by atoms with Crippen molar-refractivity contribution < 1.29 is 13.2 Å². The van der Waals surface area contributed by atoms with Gasteiger partial charge in [-0.15, -0.1) is 0 Å². The van der Waals surface area contributed by atoms with E-state index in [9.17, 15) is 13.2 Å². The van der Waals surface area contributed by atoms with Crippen LogP contribution in [0.15, 0.2) is 24.3 Å². The molecule has 1 aromatic carbocycles. The van der Waals surface area contributed by atoms with Gasteiger partial charge in [0, 0.05) is 24.9 Å². The number of piperidine rings is 1. The van der Waals surface area contributed by atoms with Crippen LogP contribution in [0.25, 0.3) is 0 Å². The lowest BCUT2D eigenvalue weighted by molar-refractivity contribution is 0.0697. The van der Waals surface area contributed by atoms with E-state index in [1.54, 1.807) is 0 Å². The molecule has 1 fully saturated rings. The smallest absolute Gasteiger partial charge is 0.254 e. The fourth-order valence-corrected chi connectivity index (χ4v) is 3.90. The third-order valence-electron chi connectivity index (χ3n) is 3.82. The maximum Gasteiger partial charge on any atom is 0.254 e. The number of amides is 1. The van der Waals surface area contributed by atoms with Gasteiger partial charge in [0.05, 0.1) is 5.75 Å². The van der Waals surface area contributed by atoms with Crippen molar-refractivity contribution in [3.05, 3.63) is 35.4 Å². The number of nitrogens with zero attached hydrogens (tertiary/aromatic N) is 1. The van der Waals surface area contributed by atoms with E-state index in [0.717, 1.165) is 24.0 Å². The topological polar surface area (TPSA) is 54.5 Å². The van der Waals surface area contributed by atoms with E-state index in [0.29, 0.717) is 13.1 Å². The zero-order chi connectivity index (χ0) is 14.8. The quantitative estimate of drug-likeness (QED) is 0.855. The van der Waals surface area contributed by atoms with Crippen LogP contribution in [0, 0.1) is 12.8 Å². The first kappa shape index (κ1) is 15.0. The number of benzene rings is 1. The first-order chi connectivity index (χ1) is 9.37. The number of likely N-dealkylation sites (tertiary alicyclic amines) is 1. The summed E-state index contributed by atoms with van der Waals surface area (Å²) >= 11 is 0. The molecule has 0 bridgehead atoms. The van der Waals surface area contributed by atoms with E-state index >= 15 is 0 Å². The molecule has 1 heterocycles. The van der Waals surface area contributed by atoms with Crippen molar-refractivity contribution in [3.63, 3.8) is 0 Å². The third kappa shape index (κ3) is 3.82. The van der Waals surface area contributed by atoms with E-state index in [-0.39, 0.29) is 17.6 Å². The van der Waals surface area contributed by atoms with Gasteiger partial charge in [0.25, 0.3) is 5.91 Å². The Morgan fingerprint density at radius 1 is 1.25 bits per heavy atom. The summed E-state index contributed by atoms with van der Waals surface area (Å²) < 4.78 is 22.6. The molecule has 1 aliphatic heterocycles. The Labute approximate surface area is 120 Å². The molecule has 20 heavy (non-hydrogen) atoms. The van der Waals surface area contributed by atoms with Crippen LogP contribution in [-0.2, 0) is 9.84 Å². The summed E-state index contributed by atoms with van der Waals surface area (Å²) in [5.41, 5.74) is 1.73. The number of carbonyl (C=O) groups excluding carboxylic acids is 1. The highest BCUT2D eigenvalue weighted by molar-refractivity contribution is 7.90. The van der Waals surface area contributed by atoms with Crippen LogP contribution in [-0.4, -0.2) is 44.3 Å². The van der Waals surface area contributed by atoms with Crippen LogP contribution in [0.5, 0.6) is 0 Å². The molecular formula is C15H21NO3S. The second-order valence-corrected chi connectivity index (χ2v) is 7.83.